The first-order valence-corrected chi connectivity index (χ1v) is 15.0. The number of carbonyl (C=O) groups is 3. The second kappa shape index (κ2) is 12.8. The highest BCUT2D eigenvalue weighted by Gasteiger charge is 2.39. The number of thiazole rings is 1. The van der Waals surface area contributed by atoms with E-state index in [4.69, 9.17) is 37.5 Å². The number of nitrogens with one attached hydrogen (secondary N) is 1. The summed E-state index contributed by atoms with van der Waals surface area (Å²) in [5.74, 6) is -1.44. The van der Waals surface area contributed by atoms with Crippen molar-refractivity contribution in [1.29, 1.82) is 0 Å². The maximum Gasteiger partial charge on any atom is 0.303 e. The number of carbonyl (C=O) groups excluding carboxylic acids is 2. The SMILES string of the molecule is CC(C)O[C@H]1C[C@@H](c2ncc(CCC(=O)O)s2)N(C(=O)Cc2cc(Cl)c(NC(=O)c3coc4ccccc34)cc2Cl)C1. The quantitative estimate of drug-likeness (QED) is 0.198. The van der Waals surface area contributed by atoms with Crippen LogP contribution in [0.4, 0.5) is 5.69 Å². The largest absolute Gasteiger partial charge is 0.481 e. The lowest BCUT2D eigenvalue weighted by atomic mass is 10.1. The molecule has 0 spiro atoms. The number of fused-ring (bicyclic) bond motifs is 1. The van der Waals surface area contributed by atoms with Crippen LogP contribution in [-0.2, 0) is 27.2 Å². The highest BCUT2D eigenvalue weighted by atomic mass is 35.5. The number of anilines is 1. The number of benzene rings is 2. The van der Waals surface area contributed by atoms with Crippen molar-refractivity contribution >= 4 is 69.0 Å². The lowest BCUT2D eigenvalue weighted by Crippen LogP contribution is -2.33. The third-order valence-corrected chi connectivity index (χ3v) is 8.76. The molecule has 0 unspecified atom stereocenters. The summed E-state index contributed by atoms with van der Waals surface area (Å²) in [6, 6.07) is 10.0. The Morgan fingerprint density at radius 2 is 2.00 bits per heavy atom. The maximum absolute atomic E-state index is 13.6. The molecule has 2 amide bonds. The van der Waals surface area contributed by atoms with Crippen molar-refractivity contribution in [2.24, 2.45) is 0 Å². The van der Waals surface area contributed by atoms with Crippen molar-refractivity contribution in [3.63, 3.8) is 0 Å². The van der Waals surface area contributed by atoms with Gasteiger partial charge in [0.1, 0.15) is 16.9 Å². The number of carboxylic acids is 1. The van der Waals surface area contributed by atoms with E-state index in [2.05, 4.69) is 10.3 Å². The second-order valence-electron chi connectivity index (χ2n) is 10.4. The van der Waals surface area contributed by atoms with Crippen LogP contribution < -0.4 is 5.32 Å². The zero-order valence-corrected chi connectivity index (χ0v) is 25.3. The molecule has 2 aromatic heterocycles. The number of furan rings is 1. The Morgan fingerprint density at radius 1 is 1.21 bits per heavy atom. The van der Waals surface area contributed by atoms with Crippen molar-refractivity contribution in [2.45, 2.75) is 57.8 Å². The van der Waals surface area contributed by atoms with Gasteiger partial charge in [0.25, 0.3) is 5.91 Å². The van der Waals surface area contributed by atoms with Gasteiger partial charge in [-0.25, -0.2) is 4.98 Å². The minimum absolute atomic E-state index is 0.0100. The number of likely N-dealkylation sites (tertiary alicyclic amines) is 1. The normalized spacial score (nSPS) is 16.8. The Hall–Kier alpha value is -3.44. The molecule has 9 nitrogen and oxygen atoms in total. The molecule has 1 saturated heterocycles. The fourth-order valence-corrected chi connectivity index (χ4v) is 6.55. The van der Waals surface area contributed by atoms with Gasteiger partial charge in [0.15, 0.2) is 0 Å². The van der Waals surface area contributed by atoms with Crippen LogP contribution in [0.1, 0.15) is 58.5 Å². The molecule has 2 atom stereocenters. The van der Waals surface area contributed by atoms with E-state index in [-0.39, 0.29) is 47.0 Å². The summed E-state index contributed by atoms with van der Waals surface area (Å²) in [7, 11) is 0. The molecule has 2 aromatic carbocycles. The predicted octanol–water partition coefficient (Wildman–Crippen LogP) is 6.78. The molecule has 4 aromatic rings. The van der Waals surface area contributed by atoms with E-state index in [0.29, 0.717) is 47.2 Å². The summed E-state index contributed by atoms with van der Waals surface area (Å²) >= 11 is 14.5. The van der Waals surface area contributed by atoms with Crippen LogP contribution in [0.3, 0.4) is 0 Å². The molecule has 0 radical (unpaired) electrons. The highest BCUT2D eigenvalue weighted by molar-refractivity contribution is 7.11. The minimum atomic E-state index is -0.871. The van der Waals surface area contributed by atoms with Gasteiger partial charge in [-0.15, -0.1) is 11.3 Å². The van der Waals surface area contributed by atoms with Crippen molar-refractivity contribution in [1.82, 2.24) is 9.88 Å². The van der Waals surface area contributed by atoms with Gasteiger partial charge >= 0.3 is 5.97 Å². The third kappa shape index (κ3) is 6.78. The molecule has 0 bridgehead atoms. The van der Waals surface area contributed by atoms with Crippen molar-refractivity contribution in [2.75, 3.05) is 11.9 Å². The minimum Gasteiger partial charge on any atom is -0.481 e. The van der Waals surface area contributed by atoms with Crippen LogP contribution in [0.25, 0.3) is 11.0 Å². The number of carboxylic acid groups (broad SMARTS) is 1. The van der Waals surface area contributed by atoms with Gasteiger partial charge in [0.2, 0.25) is 5.91 Å². The Labute approximate surface area is 256 Å². The summed E-state index contributed by atoms with van der Waals surface area (Å²) in [5, 5.41) is 13.7. The van der Waals surface area contributed by atoms with Gasteiger partial charge in [0.05, 0.1) is 47.4 Å². The fourth-order valence-electron chi connectivity index (χ4n) is 5.04. The molecule has 42 heavy (non-hydrogen) atoms. The number of ether oxygens (including phenoxy) is 1. The summed E-state index contributed by atoms with van der Waals surface area (Å²) in [6.45, 7) is 4.29. The zero-order chi connectivity index (χ0) is 30.0. The van der Waals surface area contributed by atoms with Gasteiger partial charge in [0, 0.05) is 34.4 Å². The van der Waals surface area contributed by atoms with Gasteiger partial charge < -0.3 is 24.5 Å². The highest BCUT2D eigenvalue weighted by Crippen LogP contribution is 2.38. The van der Waals surface area contributed by atoms with E-state index in [0.717, 1.165) is 9.88 Å². The number of hydrogen-bond acceptors (Lipinski definition) is 7. The average molecular weight is 631 g/mol. The summed E-state index contributed by atoms with van der Waals surface area (Å²) in [5.41, 5.74) is 1.79. The molecule has 0 saturated carbocycles. The molecule has 0 aliphatic carbocycles. The molecular formula is C30H29Cl2N3O6S. The summed E-state index contributed by atoms with van der Waals surface area (Å²) in [4.78, 5) is 44.7. The van der Waals surface area contributed by atoms with Gasteiger partial charge in [-0.3, -0.25) is 14.4 Å². The first-order chi connectivity index (χ1) is 20.1. The molecule has 2 N–H and O–H groups in total. The number of aromatic nitrogens is 1. The van der Waals surface area contributed by atoms with Crippen molar-refractivity contribution in [3.05, 3.63) is 79.9 Å². The molecule has 5 rings (SSSR count). The summed E-state index contributed by atoms with van der Waals surface area (Å²) < 4.78 is 11.5. The van der Waals surface area contributed by atoms with Crippen LogP contribution in [0.2, 0.25) is 10.0 Å². The molecule has 1 aliphatic rings. The number of amides is 2. The number of rotatable bonds is 10. The van der Waals surface area contributed by atoms with E-state index < -0.39 is 11.9 Å². The molecule has 1 fully saturated rings. The number of halogens is 2. The Kier molecular flexibility index (Phi) is 9.17. The number of hydrogen-bond donors (Lipinski definition) is 2. The number of aryl methyl sites for hydroxylation is 1. The van der Waals surface area contributed by atoms with Crippen molar-refractivity contribution in [3.8, 4) is 0 Å². The average Bonchev–Trinajstić information content (AvgIpc) is 3.68. The first kappa shape index (κ1) is 30.0. The smallest absolute Gasteiger partial charge is 0.303 e. The van der Waals surface area contributed by atoms with E-state index in [1.165, 1.54) is 23.7 Å². The molecular weight excluding hydrogens is 601 g/mol. The lowest BCUT2D eigenvalue weighted by Gasteiger charge is -2.23. The lowest BCUT2D eigenvalue weighted by molar-refractivity contribution is -0.137. The van der Waals surface area contributed by atoms with E-state index >= 15 is 0 Å². The predicted molar refractivity (Wildman–Crippen MR) is 161 cm³/mol. The molecule has 3 heterocycles. The molecule has 12 heteroatoms. The zero-order valence-electron chi connectivity index (χ0n) is 22.9. The Balaban J connectivity index is 1.32. The number of para-hydroxylation sites is 1. The third-order valence-electron chi connectivity index (χ3n) is 6.94. The fraction of sp³-hybridized carbons (Fsp3) is 0.333. The molecule has 220 valence electrons. The van der Waals surface area contributed by atoms with Crippen LogP contribution in [0.15, 0.2) is 53.3 Å². The second-order valence-corrected chi connectivity index (χ2v) is 12.3. The monoisotopic (exact) mass is 629 g/mol. The van der Waals surface area contributed by atoms with Crippen LogP contribution in [0.5, 0.6) is 0 Å². The van der Waals surface area contributed by atoms with E-state index in [1.807, 2.05) is 26.0 Å². The van der Waals surface area contributed by atoms with Crippen LogP contribution in [-0.4, -0.2) is 51.5 Å². The number of nitrogens with zero attached hydrogens (tertiary/aromatic N) is 2. The van der Waals surface area contributed by atoms with Gasteiger partial charge in [-0.2, -0.15) is 0 Å². The van der Waals surface area contributed by atoms with Gasteiger partial charge in [-0.05, 0) is 44.0 Å². The van der Waals surface area contributed by atoms with Crippen LogP contribution >= 0.6 is 34.5 Å². The van der Waals surface area contributed by atoms with Crippen molar-refractivity contribution < 1.29 is 28.6 Å². The standard InChI is InChI=1S/C30H29Cl2N3O6S/c1-16(2)41-18-11-25(30-33-13-19(42-30)7-8-28(37)38)35(14-18)27(36)10-17-9-23(32)24(12-22(17)31)34-29(39)21-15-40-26-6-4-3-5-20(21)26/h3-6,9,12-13,15-16,18,25H,7-8,10-11,14H2,1-2H3,(H,34,39)(H,37,38)/t18-,25-/m0/s1. The molecule has 1 aliphatic heterocycles. The summed E-state index contributed by atoms with van der Waals surface area (Å²) in [6.07, 6.45) is 3.86. The maximum atomic E-state index is 13.6. The van der Waals surface area contributed by atoms with E-state index in [9.17, 15) is 14.4 Å². The topological polar surface area (TPSA) is 122 Å². The first-order valence-electron chi connectivity index (χ1n) is 13.5. The van der Waals surface area contributed by atoms with E-state index in [1.54, 1.807) is 29.3 Å². The Bertz CT molecular complexity index is 1630. The van der Waals surface area contributed by atoms with Crippen LogP contribution in [0, 0.1) is 0 Å². The Morgan fingerprint density at radius 3 is 2.76 bits per heavy atom. The van der Waals surface area contributed by atoms with Gasteiger partial charge in [-0.1, -0.05) is 41.4 Å². The number of aliphatic carboxylic acids is 1.